The molecule has 0 radical (unpaired) electrons. The van der Waals surface area contributed by atoms with Gasteiger partial charge in [0.25, 0.3) is 0 Å². The Bertz CT molecular complexity index is 1510. The number of nitrogens with one attached hydrogen (secondary N) is 2. The lowest BCUT2D eigenvalue weighted by molar-refractivity contribution is 0.0526. The van der Waals surface area contributed by atoms with Crippen LogP contribution in [0.2, 0.25) is 0 Å². The first-order valence-corrected chi connectivity index (χ1v) is 13.5. The maximum atomic E-state index is 12.2. The van der Waals surface area contributed by atoms with Crippen LogP contribution < -0.4 is 15.5 Å². The molecular weight excluding hydrogens is 504 g/mol. The van der Waals surface area contributed by atoms with Gasteiger partial charge in [-0.15, -0.1) is 11.8 Å². The Balaban J connectivity index is 1.35. The Morgan fingerprint density at radius 1 is 1.05 bits per heavy atom. The standard InChI is InChI=1S/C30H34N8O2/c1-30(2,3)40-29(39)33-16-13-23(22-11-7-6-8-12-22)35-28-32-15-14-24(36-28)25-21-34-27-26(31-17-20-38(25)27)37-18-9-4-5-10-19-37/h6-8,11-12,14-15,17,20-21,23H,9-10,13,16,18-19H2,1-3H3,(H,33,39)(H,32,35,36). The summed E-state index contributed by atoms with van der Waals surface area (Å²) in [7, 11) is 0. The Kier molecular flexibility index (Phi) is 8.10. The fraction of sp³-hybridized carbons (Fsp3) is 0.367. The number of ether oxygens (including phenoxy) is 1. The molecule has 1 aliphatic heterocycles. The summed E-state index contributed by atoms with van der Waals surface area (Å²) in [6.45, 7) is 7.61. The van der Waals surface area contributed by atoms with Crippen LogP contribution in [0.15, 0.2) is 61.2 Å². The normalized spacial score (nSPS) is 14.1. The van der Waals surface area contributed by atoms with E-state index < -0.39 is 11.7 Å². The Morgan fingerprint density at radius 3 is 2.58 bits per heavy atom. The Labute approximate surface area is 234 Å². The lowest BCUT2D eigenvalue weighted by Crippen LogP contribution is -2.33. The van der Waals surface area contributed by atoms with Crippen LogP contribution in [0, 0.1) is 11.8 Å². The lowest BCUT2D eigenvalue weighted by atomic mass is 10.0. The molecule has 4 aromatic rings. The van der Waals surface area contributed by atoms with Gasteiger partial charge in [0.15, 0.2) is 11.5 Å². The number of rotatable bonds is 8. The molecule has 40 heavy (non-hydrogen) atoms. The van der Waals surface area contributed by atoms with E-state index in [0.29, 0.717) is 18.9 Å². The van der Waals surface area contributed by atoms with Gasteiger partial charge >= 0.3 is 6.09 Å². The summed E-state index contributed by atoms with van der Waals surface area (Å²) >= 11 is 0. The summed E-state index contributed by atoms with van der Waals surface area (Å²) < 4.78 is 7.39. The van der Waals surface area contributed by atoms with Crippen molar-refractivity contribution in [2.75, 3.05) is 29.9 Å². The maximum Gasteiger partial charge on any atom is 0.407 e. The van der Waals surface area contributed by atoms with Gasteiger partial charge in [0, 0.05) is 51.1 Å². The molecule has 4 heterocycles. The molecule has 1 unspecified atom stereocenters. The van der Waals surface area contributed by atoms with Gasteiger partial charge in [-0.3, -0.25) is 4.40 Å². The van der Waals surface area contributed by atoms with Crippen molar-refractivity contribution < 1.29 is 9.53 Å². The Morgan fingerprint density at radius 2 is 1.82 bits per heavy atom. The third kappa shape index (κ3) is 6.67. The molecule has 10 heteroatoms. The molecule has 5 rings (SSSR count). The number of carbonyl (C=O) groups excluding carboxylic acids is 1. The highest BCUT2D eigenvalue weighted by molar-refractivity contribution is 5.70. The zero-order chi connectivity index (χ0) is 28.0. The van der Waals surface area contributed by atoms with Crippen LogP contribution in [0.4, 0.5) is 16.6 Å². The molecule has 0 spiro atoms. The Hall–Kier alpha value is -4.65. The number of fused-ring (bicyclic) bond motifs is 1. The van der Waals surface area contributed by atoms with Gasteiger partial charge in [0.1, 0.15) is 5.60 Å². The molecule has 206 valence electrons. The smallest absolute Gasteiger partial charge is 0.407 e. The van der Waals surface area contributed by atoms with Crippen molar-refractivity contribution in [3.05, 3.63) is 66.7 Å². The summed E-state index contributed by atoms with van der Waals surface area (Å²) in [6, 6.07) is 11.8. The number of nitrogens with zero attached hydrogens (tertiary/aromatic N) is 6. The zero-order valence-electron chi connectivity index (χ0n) is 23.1. The van der Waals surface area contributed by atoms with Crippen LogP contribution in [0.5, 0.6) is 0 Å². The van der Waals surface area contributed by atoms with E-state index in [0.717, 1.165) is 54.3 Å². The predicted molar refractivity (Wildman–Crippen MR) is 155 cm³/mol. The number of imidazole rings is 1. The topological polar surface area (TPSA) is 110 Å². The molecule has 1 aliphatic rings. The van der Waals surface area contributed by atoms with Crippen LogP contribution in [0.3, 0.4) is 0 Å². The minimum Gasteiger partial charge on any atom is -0.444 e. The number of hydrogen-bond donors (Lipinski definition) is 2. The number of hydrogen-bond acceptors (Lipinski definition) is 8. The van der Waals surface area contributed by atoms with Crippen molar-refractivity contribution in [2.45, 2.75) is 51.7 Å². The van der Waals surface area contributed by atoms with E-state index in [1.165, 1.54) is 0 Å². The van der Waals surface area contributed by atoms with Crippen LogP contribution in [-0.2, 0) is 4.74 Å². The number of alkyl carbamates (subject to hydrolysis) is 1. The second-order valence-corrected chi connectivity index (χ2v) is 10.5. The van der Waals surface area contributed by atoms with E-state index >= 15 is 0 Å². The van der Waals surface area contributed by atoms with Gasteiger partial charge < -0.3 is 20.3 Å². The molecule has 3 aromatic heterocycles. The summed E-state index contributed by atoms with van der Waals surface area (Å²) in [4.78, 5) is 33.0. The van der Waals surface area contributed by atoms with Crippen molar-refractivity contribution in [1.82, 2.24) is 29.7 Å². The first kappa shape index (κ1) is 26.9. The second-order valence-electron chi connectivity index (χ2n) is 10.5. The van der Waals surface area contributed by atoms with Crippen molar-refractivity contribution in [2.24, 2.45) is 0 Å². The highest BCUT2D eigenvalue weighted by atomic mass is 16.6. The van der Waals surface area contributed by atoms with E-state index in [9.17, 15) is 4.79 Å². The third-order valence-electron chi connectivity index (χ3n) is 6.37. The van der Waals surface area contributed by atoms with Crippen LogP contribution >= 0.6 is 0 Å². The fourth-order valence-corrected chi connectivity index (χ4v) is 4.57. The van der Waals surface area contributed by atoms with Gasteiger partial charge in [-0.2, -0.15) is 0 Å². The summed E-state index contributed by atoms with van der Waals surface area (Å²) in [5.74, 6) is 7.70. The van der Waals surface area contributed by atoms with Gasteiger partial charge in [-0.1, -0.05) is 30.3 Å². The SMILES string of the molecule is CC(C)(C)OC(=O)NCCC(Nc1nccc(-c2cnc3c(N4CCC#CCC4)nccn23)n1)c1ccccc1. The monoisotopic (exact) mass is 538 g/mol. The van der Waals surface area contributed by atoms with Crippen molar-refractivity contribution >= 4 is 23.5 Å². The van der Waals surface area contributed by atoms with Crippen molar-refractivity contribution in [1.29, 1.82) is 0 Å². The van der Waals surface area contributed by atoms with E-state index in [1.807, 2.05) is 74.0 Å². The van der Waals surface area contributed by atoms with E-state index in [-0.39, 0.29) is 6.04 Å². The van der Waals surface area contributed by atoms with Crippen LogP contribution in [0.25, 0.3) is 17.0 Å². The molecule has 2 N–H and O–H groups in total. The molecule has 1 atom stereocenters. The van der Waals surface area contributed by atoms with E-state index in [2.05, 4.69) is 37.3 Å². The predicted octanol–water partition coefficient (Wildman–Crippen LogP) is 4.86. The highest BCUT2D eigenvalue weighted by Gasteiger charge is 2.19. The first-order valence-electron chi connectivity index (χ1n) is 13.5. The second kappa shape index (κ2) is 12.0. The summed E-state index contributed by atoms with van der Waals surface area (Å²) in [5, 5.41) is 6.30. The lowest BCUT2D eigenvalue weighted by Gasteiger charge is -2.22. The van der Waals surface area contributed by atoms with Gasteiger partial charge in [-0.25, -0.2) is 24.7 Å². The number of anilines is 2. The number of aromatic nitrogens is 5. The molecule has 1 amide bonds. The quantitative estimate of drug-likeness (QED) is 0.306. The summed E-state index contributed by atoms with van der Waals surface area (Å²) in [5.41, 5.74) is 2.88. The fourth-order valence-electron chi connectivity index (χ4n) is 4.57. The van der Waals surface area contributed by atoms with Crippen molar-refractivity contribution in [3.63, 3.8) is 0 Å². The van der Waals surface area contributed by atoms with Crippen LogP contribution in [-0.4, -0.2) is 55.7 Å². The van der Waals surface area contributed by atoms with Gasteiger partial charge in [0.2, 0.25) is 5.95 Å². The highest BCUT2D eigenvalue weighted by Crippen LogP contribution is 2.26. The van der Waals surface area contributed by atoms with Gasteiger partial charge in [0.05, 0.1) is 23.6 Å². The first-order chi connectivity index (χ1) is 19.4. The molecule has 0 bridgehead atoms. The minimum absolute atomic E-state index is 0.130. The zero-order valence-corrected chi connectivity index (χ0v) is 23.1. The molecular formula is C30H34N8O2. The van der Waals surface area contributed by atoms with Crippen molar-refractivity contribution in [3.8, 4) is 23.2 Å². The average molecular weight is 539 g/mol. The number of amides is 1. The molecule has 0 fully saturated rings. The molecule has 0 aliphatic carbocycles. The van der Waals surface area contributed by atoms with Gasteiger partial charge in [-0.05, 0) is 38.8 Å². The molecule has 0 saturated carbocycles. The average Bonchev–Trinajstić information content (AvgIpc) is 3.19. The minimum atomic E-state index is -0.550. The van der Waals surface area contributed by atoms with Crippen LogP contribution in [0.1, 0.15) is 51.6 Å². The largest absolute Gasteiger partial charge is 0.444 e. The molecule has 1 aromatic carbocycles. The van der Waals surface area contributed by atoms with E-state index in [1.54, 1.807) is 12.4 Å². The number of benzene rings is 1. The molecule has 10 nitrogen and oxygen atoms in total. The third-order valence-corrected chi connectivity index (χ3v) is 6.37. The number of carbonyl (C=O) groups is 1. The maximum absolute atomic E-state index is 12.2. The molecule has 0 saturated heterocycles. The summed E-state index contributed by atoms with van der Waals surface area (Å²) in [6.07, 6.45) is 9.05. The van der Waals surface area contributed by atoms with E-state index in [4.69, 9.17) is 14.7 Å².